The maximum Gasteiger partial charge on any atom is 0.255 e. The topological polar surface area (TPSA) is 15.7 Å². The van der Waals surface area contributed by atoms with Crippen LogP contribution in [0.1, 0.15) is 28.8 Å². The maximum absolute atomic E-state index is 8.03. The van der Waals surface area contributed by atoms with Gasteiger partial charge in [0.05, 0.1) is 12.1 Å². The quantitative estimate of drug-likeness (QED) is 0.300. The van der Waals surface area contributed by atoms with Crippen molar-refractivity contribution in [2.45, 2.75) is 62.8 Å². The van der Waals surface area contributed by atoms with Crippen molar-refractivity contribution in [3.8, 4) is 0 Å². The van der Waals surface area contributed by atoms with Gasteiger partial charge in [-0.05, 0) is 60.0 Å². The maximum atomic E-state index is 8.03. The van der Waals surface area contributed by atoms with E-state index in [0.29, 0.717) is 4.79 Å². The van der Waals surface area contributed by atoms with Crippen molar-refractivity contribution in [3.63, 3.8) is 0 Å². The van der Waals surface area contributed by atoms with Gasteiger partial charge in [-0.2, -0.15) is 0 Å². The molecule has 1 heterocycles. The van der Waals surface area contributed by atoms with Crippen LogP contribution in [0.25, 0.3) is 0 Å². The van der Waals surface area contributed by atoms with Crippen LogP contribution in [0, 0.1) is 0 Å². The van der Waals surface area contributed by atoms with Crippen molar-refractivity contribution in [1.82, 2.24) is 9.80 Å². The summed E-state index contributed by atoms with van der Waals surface area (Å²) in [5.74, 6) is 0. The highest BCUT2D eigenvalue weighted by atomic mass is 28.5. The van der Waals surface area contributed by atoms with Crippen molar-refractivity contribution in [1.29, 1.82) is 0 Å². The van der Waals surface area contributed by atoms with Gasteiger partial charge in [0.25, 0.3) is 8.32 Å². The molecule has 3 atom stereocenters. The molecule has 0 radical (unpaired) electrons. The number of rotatable bonds is 8. The first-order valence-corrected chi connectivity index (χ1v) is 23.1. The molecule has 0 saturated heterocycles. The predicted molar refractivity (Wildman–Crippen MR) is 172 cm³/mol. The van der Waals surface area contributed by atoms with Crippen molar-refractivity contribution < 1.29 is 4.43 Å². The fourth-order valence-electron chi connectivity index (χ4n) is 7.52. The van der Waals surface area contributed by atoms with Crippen LogP contribution in [-0.4, -0.2) is 62.5 Å². The zero-order valence-electron chi connectivity index (χ0n) is 25.2. The molecule has 38 heavy (non-hydrogen) atoms. The van der Waals surface area contributed by atoms with Crippen molar-refractivity contribution >= 4 is 34.8 Å². The summed E-state index contributed by atoms with van der Waals surface area (Å²) < 4.78 is 8.03. The van der Waals surface area contributed by atoms with E-state index in [1.54, 1.807) is 5.19 Å². The zero-order valence-corrected chi connectivity index (χ0v) is 28.2. The molecule has 4 rings (SSSR count). The smallest absolute Gasteiger partial charge is 0.255 e. The molecule has 0 spiro atoms. The number of nitrogens with zero attached hydrogens (tertiary/aromatic N) is 2. The van der Waals surface area contributed by atoms with Crippen LogP contribution in [0.2, 0.25) is 44.1 Å². The lowest BCUT2D eigenvalue weighted by atomic mass is 9.93. The molecule has 0 aromatic heterocycles. The van der Waals surface area contributed by atoms with Crippen molar-refractivity contribution in [2.75, 3.05) is 28.2 Å². The molecule has 0 fully saturated rings. The van der Waals surface area contributed by atoms with Crippen molar-refractivity contribution in [2.24, 2.45) is 0 Å². The van der Waals surface area contributed by atoms with Crippen LogP contribution in [0.15, 0.2) is 78.9 Å². The third-order valence-corrected chi connectivity index (χ3v) is 28.3. The molecule has 0 amide bonds. The van der Waals surface area contributed by atoms with E-state index in [-0.39, 0.29) is 12.1 Å². The summed E-state index contributed by atoms with van der Waals surface area (Å²) in [7, 11) is 2.66. The minimum absolute atomic E-state index is 0.0182. The van der Waals surface area contributed by atoms with Crippen LogP contribution < -0.4 is 10.4 Å². The normalized spacial score (nSPS) is 22.2. The van der Waals surface area contributed by atoms with E-state index >= 15 is 0 Å². The molecule has 6 heteroatoms. The van der Waals surface area contributed by atoms with Gasteiger partial charge in [0.15, 0.2) is 0 Å². The summed E-state index contributed by atoms with van der Waals surface area (Å²) >= 11 is 0. The highest BCUT2D eigenvalue weighted by molar-refractivity contribution is 7.19. The third kappa shape index (κ3) is 5.44. The molecule has 0 N–H and O–H groups in total. The number of hydrogen-bond donors (Lipinski definition) is 0. The molecule has 3 aromatic rings. The first-order valence-electron chi connectivity index (χ1n) is 14.0. The monoisotopic (exact) mass is 560 g/mol. The van der Waals surface area contributed by atoms with E-state index < -0.39 is 24.5 Å². The van der Waals surface area contributed by atoms with Gasteiger partial charge in [0.1, 0.15) is 0 Å². The molecular weight excluding hydrogens is 513 g/mol. The van der Waals surface area contributed by atoms with Crippen LogP contribution in [-0.2, 0) is 11.0 Å². The molecule has 3 nitrogen and oxygen atoms in total. The minimum atomic E-state index is -2.75. The van der Waals surface area contributed by atoms with E-state index in [0.717, 1.165) is 6.54 Å². The molecule has 204 valence electrons. The molecular formula is C32H48N2OSi3. The van der Waals surface area contributed by atoms with E-state index in [1.165, 1.54) is 21.9 Å². The minimum Gasteiger partial charge on any atom is -0.399 e. The number of likely N-dealkylation sites (N-methyl/N-ethyl adjacent to an activating group) is 1. The Morgan fingerprint density at radius 3 is 1.79 bits per heavy atom. The standard InChI is InChI=1S/C32H48N2OSi3/c1-33(2)24-26-20-17-23-28-29(34(3)4)30(25-18-13-11-14-19-25)35-38(31(26)28,27-21-15-12-16-22-27)32(36(5,6)7)37(8,9)10/h11-23,29-30,32H,24H2,1-10H3/t29-,30+,38?/m1/s1. The highest BCUT2D eigenvalue weighted by Crippen LogP contribution is 2.49. The van der Waals surface area contributed by atoms with E-state index in [1.807, 2.05) is 0 Å². The van der Waals surface area contributed by atoms with Gasteiger partial charge in [-0.15, -0.1) is 0 Å². The summed E-state index contributed by atoms with van der Waals surface area (Å²) in [6.45, 7) is 16.5. The zero-order chi connectivity index (χ0) is 27.9. The lowest BCUT2D eigenvalue weighted by molar-refractivity contribution is 0.0854. The Balaban J connectivity index is 2.21. The molecule has 0 saturated carbocycles. The van der Waals surface area contributed by atoms with Gasteiger partial charge < -0.3 is 9.33 Å². The van der Waals surface area contributed by atoms with Crippen molar-refractivity contribution in [3.05, 3.63) is 95.6 Å². The molecule has 3 aromatic carbocycles. The van der Waals surface area contributed by atoms with E-state index in [9.17, 15) is 0 Å². The second kappa shape index (κ2) is 11.0. The van der Waals surface area contributed by atoms with Gasteiger partial charge in [-0.3, -0.25) is 4.90 Å². The Bertz CT molecular complexity index is 1200. The number of fused-ring (bicyclic) bond motifs is 1. The molecule has 1 aliphatic heterocycles. The summed E-state index contributed by atoms with van der Waals surface area (Å²) in [4.78, 5) is 5.31. The van der Waals surface area contributed by atoms with Crippen LogP contribution >= 0.6 is 0 Å². The average Bonchev–Trinajstić information content (AvgIpc) is 2.82. The average molecular weight is 561 g/mol. The Kier molecular flexibility index (Phi) is 8.44. The molecule has 0 bridgehead atoms. The fourth-order valence-corrected chi connectivity index (χ4v) is 33.9. The number of hydrogen-bond acceptors (Lipinski definition) is 3. The third-order valence-electron chi connectivity index (χ3n) is 7.98. The van der Waals surface area contributed by atoms with Crippen LogP contribution in [0.4, 0.5) is 0 Å². The van der Waals surface area contributed by atoms with Gasteiger partial charge >= 0.3 is 0 Å². The first-order chi connectivity index (χ1) is 17.8. The van der Waals surface area contributed by atoms with Gasteiger partial charge in [-0.1, -0.05) is 118 Å². The van der Waals surface area contributed by atoms with E-state index in [4.69, 9.17) is 4.43 Å². The SMILES string of the molecule is CN(C)Cc1cccc2c1[Si](c1ccccc1)(C([Si](C)(C)C)[Si](C)(C)C)O[C@@H](c1ccccc1)[C@@H]2N(C)C. The van der Waals surface area contributed by atoms with Gasteiger partial charge in [0.2, 0.25) is 0 Å². The largest absolute Gasteiger partial charge is 0.399 e. The Morgan fingerprint density at radius 2 is 1.29 bits per heavy atom. The van der Waals surface area contributed by atoms with Crippen LogP contribution in [0.5, 0.6) is 0 Å². The van der Waals surface area contributed by atoms with E-state index in [2.05, 4.69) is 156 Å². The second-order valence-corrected chi connectivity index (χ2v) is 29.5. The lowest BCUT2D eigenvalue weighted by Gasteiger charge is -2.56. The van der Waals surface area contributed by atoms with Gasteiger partial charge in [-0.25, -0.2) is 0 Å². The molecule has 0 aliphatic carbocycles. The molecule has 1 aliphatic rings. The number of benzene rings is 3. The summed E-state index contributed by atoms with van der Waals surface area (Å²) in [5.41, 5.74) is 4.21. The molecule has 1 unspecified atom stereocenters. The summed E-state index contributed by atoms with van der Waals surface area (Å²) in [6.07, 6.45) is -0.0182. The predicted octanol–water partition coefficient (Wildman–Crippen LogP) is 6.31. The lowest BCUT2D eigenvalue weighted by Crippen LogP contribution is -2.76. The fraction of sp³-hybridized carbons (Fsp3) is 0.438. The highest BCUT2D eigenvalue weighted by Gasteiger charge is 2.62. The first kappa shape index (κ1) is 29.2. The van der Waals surface area contributed by atoms with Crippen LogP contribution in [0.3, 0.4) is 0 Å². The summed E-state index contributed by atoms with van der Waals surface area (Å²) in [6, 6.07) is 29.7. The Morgan fingerprint density at radius 1 is 0.737 bits per heavy atom. The Hall–Kier alpha value is -1.81. The summed E-state index contributed by atoms with van der Waals surface area (Å²) in [5, 5.41) is 3.00. The Labute approximate surface area is 235 Å². The van der Waals surface area contributed by atoms with Gasteiger partial charge in [0, 0.05) is 22.7 Å². The second-order valence-electron chi connectivity index (χ2n) is 13.7.